The summed E-state index contributed by atoms with van der Waals surface area (Å²) < 4.78 is 17.5. The van der Waals surface area contributed by atoms with Gasteiger partial charge in [-0.05, 0) is 103 Å². The Morgan fingerprint density at radius 1 is 0.552 bits per heavy atom. The van der Waals surface area contributed by atoms with E-state index in [9.17, 15) is 0 Å². The van der Waals surface area contributed by atoms with Crippen molar-refractivity contribution in [1.82, 2.24) is 0 Å². The fourth-order valence-electron chi connectivity index (χ4n) is 3.01. The molecule has 29 heavy (non-hydrogen) atoms. The molecule has 3 heteroatoms. The molecule has 0 aromatic heterocycles. The van der Waals surface area contributed by atoms with E-state index in [0.717, 1.165) is 50.4 Å². The SMILES string of the molecule is CC(C)(C)Oc1ccc(CCCOCCCc2ccc(OC(C)(C)C)cc2)cc1. The van der Waals surface area contributed by atoms with E-state index < -0.39 is 0 Å². The molecule has 0 heterocycles. The Labute approximate surface area is 177 Å². The second kappa shape index (κ2) is 10.7. The van der Waals surface area contributed by atoms with Crippen molar-refractivity contribution in [3.05, 3.63) is 59.7 Å². The molecule has 0 amide bonds. The number of benzene rings is 2. The third-order valence-corrected chi connectivity index (χ3v) is 4.20. The fourth-order valence-corrected chi connectivity index (χ4v) is 3.01. The Morgan fingerprint density at radius 3 is 1.21 bits per heavy atom. The van der Waals surface area contributed by atoms with Gasteiger partial charge in [-0.3, -0.25) is 0 Å². The van der Waals surface area contributed by atoms with E-state index in [2.05, 4.69) is 90.1 Å². The van der Waals surface area contributed by atoms with Crippen molar-refractivity contribution in [3.63, 3.8) is 0 Å². The molecule has 0 atom stereocenters. The number of rotatable bonds is 10. The predicted molar refractivity (Wildman–Crippen MR) is 121 cm³/mol. The van der Waals surface area contributed by atoms with Crippen molar-refractivity contribution < 1.29 is 14.2 Å². The molecule has 0 aliphatic rings. The van der Waals surface area contributed by atoms with Crippen LogP contribution in [-0.2, 0) is 17.6 Å². The minimum absolute atomic E-state index is 0.155. The van der Waals surface area contributed by atoms with Gasteiger partial charge in [-0.1, -0.05) is 24.3 Å². The summed E-state index contributed by atoms with van der Waals surface area (Å²) in [5.74, 6) is 1.85. The lowest BCUT2D eigenvalue weighted by atomic mass is 10.1. The van der Waals surface area contributed by atoms with Crippen molar-refractivity contribution in [2.75, 3.05) is 13.2 Å². The van der Waals surface area contributed by atoms with E-state index in [0.29, 0.717) is 0 Å². The first-order valence-electron chi connectivity index (χ1n) is 10.7. The Hall–Kier alpha value is -2.00. The molecule has 2 aromatic carbocycles. The number of hydrogen-bond acceptors (Lipinski definition) is 3. The van der Waals surface area contributed by atoms with Gasteiger partial charge in [0, 0.05) is 13.2 Å². The highest BCUT2D eigenvalue weighted by Crippen LogP contribution is 2.20. The van der Waals surface area contributed by atoms with Gasteiger partial charge in [-0.25, -0.2) is 0 Å². The summed E-state index contributed by atoms with van der Waals surface area (Å²) in [5.41, 5.74) is 2.34. The zero-order chi connectivity index (χ0) is 21.3. The molecular weight excluding hydrogens is 360 g/mol. The van der Waals surface area contributed by atoms with Crippen molar-refractivity contribution in [2.45, 2.75) is 78.4 Å². The van der Waals surface area contributed by atoms with Crippen LogP contribution >= 0.6 is 0 Å². The van der Waals surface area contributed by atoms with Gasteiger partial charge in [0.15, 0.2) is 0 Å². The van der Waals surface area contributed by atoms with Crippen LogP contribution in [0.3, 0.4) is 0 Å². The van der Waals surface area contributed by atoms with Crippen LogP contribution in [-0.4, -0.2) is 24.4 Å². The number of hydrogen-bond donors (Lipinski definition) is 0. The maximum absolute atomic E-state index is 5.86. The topological polar surface area (TPSA) is 27.7 Å². The Kier molecular flexibility index (Phi) is 8.58. The van der Waals surface area contributed by atoms with Crippen molar-refractivity contribution in [3.8, 4) is 11.5 Å². The molecule has 0 saturated carbocycles. The van der Waals surface area contributed by atoms with Crippen LogP contribution in [0.15, 0.2) is 48.5 Å². The molecule has 0 N–H and O–H groups in total. The smallest absolute Gasteiger partial charge is 0.120 e. The molecule has 2 rings (SSSR count). The van der Waals surface area contributed by atoms with Gasteiger partial charge in [-0.15, -0.1) is 0 Å². The van der Waals surface area contributed by atoms with Crippen molar-refractivity contribution in [2.24, 2.45) is 0 Å². The summed E-state index contributed by atoms with van der Waals surface area (Å²) in [6, 6.07) is 16.8. The molecule has 0 spiro atoms. The predicted octanol–water partition coefficient (Wildman–Crippen LogP) is 6.62. The van der Waals surface area contributed by atoms with E-state index >= 15 is 0 Å². The van der Waals surface area contributed by atoms with Gasteiger partial charge in [0.2, 0.25) is 0 Å². The monoisotopic (exact) mass is 398 g/mol. The standard InChI is InChI=1S/C26H38O3/c1-25(2,3)28-23-15-11-21(12-16-23)9-7-19-27-20-8-10-22-13-17-24(18-14-22)29-26(4,5)6/h11-18H,7-10,19-20H2,1-6H3. The summed E-state index contributed by atoms with van der Waals surface area (Å²) in [7, 11) is 0. The summed E-state index contributed by atoms with van der Waals surface area (Å²) in [6.45, 7) is 14.0. The van der Waals surface area contributed by atoms with Gasteiger partial charge in [0.1, 0.15) is 22.7 Å². The second-order valence-corrected chi connectivity index (χ2v) is 9.54. The second-order valence-electron chi connectivity index (χ2n) is 9.54. The van der Waals surface area contributed by atoms with Gasteiger partial charge >= 0.3 is 0 Å². The van der Waals surface area contributed by atoms with E-state index in [1.54, 1.807) is 0 Å². The van der Waals surface area contributed by atoms with Crippen LogP contribution in [0.1, 0.15) is 65.5 Å². The van der Waals surface area contributed by atoms with Crippen LogP contribution in [0.2, 0.25) is 0 Å². The van der Waals surface area contributed by atoms with Crippen LogP contribution in [0.5, 0.6) is 11.5 Å². The number of aryl methyl sites for hydroxylation is 2. The van der Waals surface area contributed by atoms with Crippen LogP contribution in [0.25, 0.3) is 0 Å². The average molecular weight is 399 g/mol. The van der Waals surface area contributed by atoms with Crippen molar-refractivity contribution >= 4 is 0 Å². The maximum atomic E-state index is 5.86. The molecule has 0 aliphatic carbocycles. The van der Waals surface area contributed by atoms with Gasteiger partial charge in [0.25, 0.3) is 0 Å². The van der Waals surface area contributed by atoms with E-state index in [4.69, 9.17) is 14.2 Å². The first-order chi connectivity index (χ1) is 13.6. The maximum Gasteiger partial charge on any atom is 0.120 e. The lowest BCUT2D eigenvalue weighted by Crippen LogP contribution is -2.22. The molecule has 0 bridgehead atoms. The summed E-state index contributed by atoms with van der Waals surface area (Å²) in [6.07, 6.45) is 4.15. The third-order valence-electron chi connectivity index (χ3n) is 4.20. The lowest BCUT2D eigenvalue weighted by Gasteiger charge is -2.21. The average Bonchev–Trinajstić information content (AvgIpc) is 2.61. The van der Waals surface area contributed by atoms with Crippen molar-refractivity contribution in [1.29, 1.82) is 0 Å². The lowest BCUT2D eigenvalue weighted by molar-refractivity contribution is 0.129. The molecule has 0 radical (unpaired) electrons. The van der Waals surface area contributed by atoms with E-state index in [-0.39, 0.29) is 11.2 Å². The zero-order valence-corrected chi connectivity index (χ0v) is 19.1. The van der Waals surface area contributed by atoms with Crippen LogP contribution in [0, 0.1) is 0 Å². The van der Waals surface area contributed by atoms with Crippen LogP contribution in [0.4, 0.5) is 0 Å². The Bertz CT molecular complexity index is 640. The fraction of sp³-hybridized carbons (Fsp3) is 0.538. The van der Waals surface area contributed by atoms with Gasteiger partial charge in [-0.2, -0.15) is 0 Å². The molecule has 0 fully saturated rings. The van der Waals surface area contributed by atoms with Gasteiger partial charge in [0.05, 0.1) is 0 Å². The quantitative estimate of drug-likeness (QED) is 0.421. The van der Waals surface area contributed by atoms with Crippen LogP contribution < -0.4 is 9.47 Å². The Balaban J connectivity index is 1.57. The molecule has 2 aromatic rings. The summed E-state index contributed by atoms with van der Waals surface area (Å²) in [5, 5.41) is 0. The highest BCUT2D eigenvalue weighted by molar-refractivity contribution is 5.28. The molecule has 0 unspecified atom stereocenters. The highest BCUT2D eigenvalue weighted by Gasteiger charge is 2.12. The summed E-state index contributed by atoms with van der Waals surface area (Å²) in [4.78, 5) is 0. The van der Waals surface area contributed by atoms with E-state index in [1.807, 2.05) is 0 Å². The molecule has 0 aliphatic heterocycles. The first kappa shape index (κ1) is 23.3. The molecule has 3 nitrogen and oxygen atoms in total. The molecule has 160 valence electrons. The normalized spacial score (nSPS) is 12.1. The third kappa shape index (κ3) is 10.4. The first-order valence-corrected chi connectivity index (χ1v) is 10.7. The number of ether oxygens (including phenoxy) is 3. The minimum Gasteiger partial charge on any atom is -0.488 e. The Morgan fingerprint density at radius 2 is 0.897 bits per heavy atom. The van der Waals surface area contributed by atoms with E-state index in [1.165, 1.54) is 11.1 Å². The molecular formula is C26H38O3. The minimum atomic E-state index is -0.155. The molecule has 0 saturated heterocycles. The van der Waals surface area contributed by atoms with Gasteiger partial charge < -0.3 is 14.2 Å². The summed E-state index contributed by atoms with van der Waals surface area (Å²) >= 11 is 0. The highest BCUT2D eigenvalue weighted by atomic mass is 16.5. The zero-order valence-electron chi connectivity index (χ0n) is 19.1. The largest absolute Gasteiger partial charge is 0.488 e.